The topological polar surface area (TPSA) is 63.3 Å². The lowest BCUT2D eigenvalue weighted by Gasteiger charge is -2.07. The van der Waals surface area contributed by atoms with Gasteiger partial charge in [-0.05, 0) is 13.3 Å². The number of fused-ring (bicyclic) bond motifs is 1. The highest BCUT2D eigenvalue weighted by molar-refractivity contribution is 5.43. The van der Waals surface area contributed by atoms with Crippen LogP contribution in [-0.2, 0) is 6.42 Å². The van der Waals surface area contributed by atoms with E-state index in [-0.39, 0.29) is 6.10 Å². The summed E-state index contributed by atoms with van der Waals surface area (Å²) in [6.45, 7) is 3.83. The number of hydrogen-bond donors (Lipinski definition) is 1. The van der Waals surface area contributed by atoms with E-state index in [2.05, 4.69) is 15.2 Å². The molecule has 5 nitrogen and oxygen atoms in total. The number of hydrogen-bond acceptors (Lipinski definition) is 4. The number of aryl methyl sites for hydroxylation is 1. The lowest BCUT2D eigenvalue weighted by molar-refractivity contribution is 0.170. The smallest absolute Gasteiger partial charge is 0.182 e. The number of aliphatic hydroxyl groups is 1. The second kappa shape index (κ2) is 3.94. The third kappa shape index (κ3) is 1.83. The Hall–Kier alpha value is -1.49. The van der Waals surface area contributed by atoms with Crippen LogP contribution in [0.1, 0.15) is 24.9 Å². The first-order valence-electron chi connectivity index (χ1n) is 5.05. The fourth-order valence-corrected chi connectivity index (χ4v) is 1.50. The highest BCUT2D eigenvalue weighted by atomic mass is 16.3. The van der Waals surface area contributed by atoms with Crippen molar-refractivity contribution in [3.05, 3.63) is 23.9 Å². The third-order valence-corrected chi connectivity index (χ3v) is 2.47. The molecule has 1 atom stereocenters. The van der Waals surface area contributed by atoms with Gasteiger partial charge < -0.3 is 5.11 Å². The number of nitrogens with zero attached hydrogens (tertiary/aromatic N) is 4. The van der Waals surface area contributed by atoms with Crippen molar-refractivity contribution in [2.45, 2.75) is 32.8 Å². The van der Waals surface area contributed by atoms with Gasteiger partial charge in [-0.2, -0.15) is 0 Å². The Morgan fingerprint density at radius 3 is 3.00 bits per heavy atom. The predicted molar refractivity (Wildman–Crippen MR) is 55.5 cm³/mol. The van der Waals surface area contributed by atoms with Gasteiger partial charge >= 0.3 is 0 Å². The number of aliphatic hydroxyl groups excluding tert-OH is 1. The number of aromatic nitrogens is 4. The van der Waals surface area contributed by atoms with Crippen LogP contribution >= 0.6 is 0 Å². The van der Waals surface area contributed by atoms with E-state index in [1.807, 2.05) is 24.4 Å². The quantitative estimate of drug-likeness (QED) is 0.804. The molecule has 2 heterocycles. The molecule has 0 spiro atoms. The van der Waals surface area contributed by atoms with Crippen LogP contribution in [0.4, 0.5) is 0 Å². The molecule has 15 heavy (non-hydrogen) atoms. The van der Waals surface area contributed by atoms with Crippen LogP contribution in [0.15, 0.2) is 12.4 Å². The fraction of sp³-hybridized carbons (Fsp3) is 0.500. The molecule has 0 saturated carbocycles. The first-order valence-corrected chi connectivity index (χ1v) is 5.05. The molecule has 0 aromatic carbocycles. The predicted octanol–water partition coefficient (Wildman–Crippen LogP) is 0.746. The Labute approximate surface area is 87.8 Å². The van der Waals surface area contributed by atoms with Crippen LogP contribution in [0.2, 0.25) is 0 Å². The third-order valence-electron chi connectivity index (χ3n) is 2.47. The molecule has 0 aliphatic carbocycles. The molecule has 2 aromatic heterocycles. The summed E-state index contributed by atoms with van der Waals surface area (Å²) in [5.74, 6) is 0.833. The van der Waals surface area contributed by atoms with Gasteiger partial charge in [0.15, 0.2) is 5.65 Å². The summed E-state index contributed by atoms with van der Waals surface area (Å²) < 4.78 is 1.88. The van der Waals surface area contributed by atoms with E-state index in [0.29, 0.717) is 6.42 Å². The van der Waals surface area contributed by atoms with Crippen LogP contribution in [-0.4, -0.2) is 30.8 Å². The summed E-state index contributed by atoms with van der Waals surface area (Å²) >= 11 is 0. The molecule has 0 saturated heterocycles. The minimum atomic E-state index is -0.360. The van der Waals surface area contributed by atoms with Gasteiger partial charge in [0, 0.05) is 18.8 Å². The minimum absolute atomic E-state index is 0.360. The highest BCUT2D eigenvalue weighted by Gasteiger charge is 2.10. The standard InChI is InChI=1S/C10H14N4O/c1-3-8(15)6-9-10-13-12-7(2)14(10)5-4-11-9/h4-5,8,15H,3,6H2,1-2H3. The molecular weight excluding hydrogens is 192 g/mol. The molecule has 0 aliphatic rings. The average Bonchev–Trinajstić information content (AvgIpc) is 2.62. The molecule has 5 heteroatoms. The Morgan fingerprint density at radius 2 is 2.27 bits per heavy atom. The lowest BCUT2D eigenvalue weighted by Crippen LogP contribution is -2.11. The second-order valence-corrected chi connectivity index (χ2v) is 3.58. The van der Waals surface area contributed by atoms with Crippen LogP contribution < -0.4 is 0 Å². The monoisotopic (exact) mass is 206 g/mol. The van der Waals surface area contributed by atoms with Crippen molar-refractivity contribution in [1.29, 1.82) is 0 Å². The van der Waals surface area contributed by atoms with Gasteiger partial charge in [-0.25, -0.2) is 0 Å². The Bertz CT molecular complexity index is 465. The van der Waals surface area contributed by atoms with E-state index >= 15 is 0 Å². The molecule has 0 amide bonds. The van der Waals surface area contributed by atoms with Gasteiger partial charge in [0.1, 0.15) is 5.82 Å². The van der Waals surface area contributed by atoms with E-state index in [9.17, 15) is 5.11 Å². The normalized spacial score (nSPS) is 13.3. The molecule has 2 rings (SSSR count). The summed E-state index contributed by atoms with van der Waals surface area (Å²) in [7, 11) is 0. The van der Waals surface area contributed by atoms with Crippen molar-refractivity contribution in [1.82, 2.24) is 19.6 Å². The Morgan fingerprint density at radius 1 is 1.47 bits per heavy atom. The van der Waals surface area contributed by atoms with Crippen molar-refractivity contribution in [2.24, 2.45) is 0 Å². The van der Waals surface area contributed by atoms with E-state index in [1.165, 1.54) is 0 Å². The summed E-state index contributed by atoms with van der Waals surface area (Å²) in [4.78, 5) is 4.22. The maximum Gasteiger partial charge on any atom is 0.182 e. The summed E-state index contributed by atoms with van der Waals surface area (Å²) in [6, 6.07) is 0. The van der Waals surface area contributed by atoms with E-state index in [1.54, 1.807) is 6.20 Å². The summed E-state index contributed by atoms with van der Waals surface area (Å²) in [5.41, 5.74) is 1.54. The van der Waals surface area contributed by atoms with Crippen LogP contribution in [0.25, 0.3) is 5.65 Å². The fourth-order valence-electron chi connectivity index (χ4n) is 1.50. The van der Waals surface area contributed by atoms with Gasteiger partial charge in [0.25, 0.3) is 0 Å². The first kappa shape index (κ1) is 10.0. The molecule has 0 radical (unpaired) electrons. The van der Waals surface area contributed by atoms with Gasteiger partial charge in [-0.1, -0.05) is 6.92 Å². The zero-order chi connectivity index (χ0) is 10.8. The Balaban J connectivity index is 2.43. The van der Waals surface area contributed by atoms with Crippen molar-refractivity contribution in [3.63, 3.8) is 0 Å². The van der Waals surface area contributed by atoms with Crippen molar-refractivity contribution >= 4 is 5.65 Å². The molecule has 0 fully saturated rings. The van der Waals surface area contributed by atoms with Crippen molar-refractivity contribution < 1.29 is 5.11 Å². The van der Waals surface area contributed by atoms with Gasteiger partial charge in [-0.3, -0.25) is 9.38 Å². The summed E-state index contributed by atoms with van der Waals surface area (Å²) in [6.07, 6.45) is 4.42. The molecule has 1 unspecified atom stereocenters. The van der Waals surface area contributed by atoms with Crippen LogP contribution in [0, 0.1) is 6.92 Å². The van der Waals surface area contributed by atoms with Crippen molar-refractivity contribution in [3.8, 4) is 0 Å². The molecule has 0 aliphatic heterocycles. The SMILES string of the molecule is CCC(O)Cc1nccn2c(C)nnc12. The molecule has 1 N–H and O–H groups in total. The first-order chi connectivity index (χ1) is 7.22. The zero-order valence-corrected chi connectivity index (χ0v) is 8.88. The largest absolute Gasteiger partial charge is 0.393 e. The lowest BCUT2D eigenvalue weighted by atomic mass is 10.1. The molecule has 80 valence electrons. The van der Waals surface area contributed by atoms with Crippen LogP contribution in [0.3, 0.4) is 0 Å². The van der Waals surface area contributed by atoms with Crippen molar-refractivity contribution in [2.75, 3.05) is 0 Å². The molecular formula is C10H14N4O. The maximum absolute atomic E-state index is 9.58. The second-order valence-electron chi connectivity index (χ2n) is 3.58. The van der Waals surface area contributed by atoms with Gasteiger partial charge in [0.05, 0.1) is 11.8 Å². The average molecular weight is 206 g/mol. The molecule has 2 aromatic rings. The van der Waals surface area contributed by atoms with Crippen LogP contribution in [0.5, 0.6) is 0 Å². The number of rotatable bonds is 3. The summed E-state index contributed by atoms with van der Waals surface area (Å²) in [5, 5.41) is 17.6. The Kier molecular flexibility index (Phi) is 2.64. The minimum Gasteiger partial charge on any atom is -0.393 e. The van der Waals surface area contributed by atoms with E-state index < -0.39 is 0 Å². The van der Waals surface area contributed by atoms with E-state index in [0.717, 1.165) is 23.6 Å². The van der Waals surface area contributed by atoms with E-state index in [4.69, 9.17) is 0 Å². The maximum atomic E-state index is 9.58. The van der Waals surface area contributed by atoms with Gasteiger partial charge in [0.2, 0.25) is 0 Å². The highest BCUT2D eigenvalue weighted by Crippen LogP contribution is 2.10. The van der Waals surface area contributed by atoms with Gasteiger partial charge in [-0.15, -0.1) is 10.2 Å². The molecule has 0 bridgehead atoms. The zero-order valence-electron chi connectivity index (χ0n) is 8.88.